The molecule has 1 saturated carbocycles. The third-order valence-electron chi connectivity index (χ3n) is 7.45. The number of nitrogens with zero attached hydrogens (tertiary/aromatic N) is 2. The Hall–Kier alpha value is -3.76. The second-order valence-electron chi connectivity index (χ2n) is 12.7. The van der Waals surface area contributed by atoms with Gasteiger partial charge in [-0.3, -0.25) is 14.6 Å². The van der Waals surface area contributed by atoms with Gasteiger partial charge in [0, 0.05) is 24.9 Å². The highest BCUT2D eigenvalue weighted by Crippen LogP contribution is 2.39. The number of likely N-dealkylation sites (tertiary alicyclic amines) is 1. The van der Waals surface area contributed by atoms with Crippen molar-refractivity contribution in [3.8, 4) is 5.75 Å². The van der Waals surface area contributed by atoms with Gasteiger partial charge in [-0.2, -0.15) is 0 Å². The van der Waals surface area contributed by atoms with Crippen molar-refractivity contribution in [2.24, 2.45) is 10.9 Å². The standard InChI is InChI=1S/C33H45F2N3O6/c1-8-21(2)15-25(18-36-22(3)30(40)37-19-28(39)43-32(4,5)6)24-16-26(34)29(27(35)17-24)42-20-23-9-13-38(14-10-23)31(41)44-33(7)11-12-33/h15-18,23H,8-14,19-20H2,1-7H3,(H,37,40)/b21-15+,25-18+,36-22?. The van der Waals surface area contributed by atoms with Crippen LogP contribution in [-0.2, 0) is 19.1 Å². The van der Waals surface area contributed by atoms with Gasteiger partial charge >= 0.3 is 12.1 Å². The highest BCUT2D eigenvalue weighted by atomic mass is 19.1. The molecule has 0 unspecified atom stereocenters. The summed E-state index contributed by atoms with van der Waals surface area (Å²) in [6.45, 7) is 13.2. The number of amides is 2. The topological polar surface area (TPSA) is 107 Å². The molecule has 1 aromatic rings. The lowest BCUT2D eigenvalue weighted by Crippen LogP contribution is -2.41. The van der Waals surface area contributed by atoms with E-state index in [0.29, 0.717) is 37.9 Å². The van der Waals surface area contributed by atoms with Gasteiger partial charge in [0.05, 0.1) is 6.61 Å². The van der Waals surface area contributed by atoms with Gasteiger partial charge in [0.1, 0.15) is 23.5 Å². The van der Waals surface area contributed by atoms with E-state index < -0.39 is 34.9 Å². The number of halogens is 2. The average Bonchev–Trinajstić information content (AvgIpc) is 3.68. The van der Waals surface area contributed by atoms with E-state index in [1.807, 2.05) is 20.8 Å². The SMILES string of the molecule is CC/C(C)=C/C(=C\N=C(C)C(=O)NCC(=O)OC(C)(C)C)c1cc(F)c(OCC2CCN(C(=O)OC3(C)CC3)CC2)c(F)c1. The van der Waals surface area contributed by atoms with Crippen LogP contribution in [0.25, 0.3) is 5.57 Å². The fourth-order valence-electron chi connectivity index (χ4n) is 4.35. The minimum absolute atomic E-state index is 0.0402. The third kappa shape index (κ3) is 10.7. The number of hydrogen-bond donors (Lipinski definition) is 1. The highest BCUT2D eigenvalue weighted by molar-refractivity contribution is 6.38. The van der Waals surface area contributed by atoms with Crippen LogP contribution in [0, 0.1) is 17.6 Å². The lowest BCUT2D eigenvalue weighted by molar-refractivity contribution is -0.154. The maximum atomic E-state index is 15.2. The zero-order valence-corrected chi connectivity index (χ0v) is 26.9. The second-order valence-corrected chi connectivity index (χ2v) is 12.7. The summed E-state index contributed by atoms with van der Waals surface area (Å²) in [5.41, 5.74) is 0.590. The van der Waals surface area contributed by atoms with E-state index in [-0.39, 0.29) is 42.0 Å². The molecule has 3 rings (SSSR count). The first-order chi connectivity index (χ1) is 20.6. The number of rotatable bonds is 11. The van der Waals surface area contributed by atoms with E-state index in [0.717, 1.165) is 18.4 Å². The number of nitrogens with one attached hydrogen (secondary N) is 1. The quantitative estimate of drug-likeness (QED) is 0.176. The van der Waals surface area contributed by atoms with Crippen LogP contribution >= 0.6 is 0 Å². The predicted molar refractivity (Wildman–Crippen MR) is 164 cm³/mol. The summed E-state index contributed by atoms with van der Waals surface area (Å²) in [7, 11) is 0. The summed E-state index contributed by atoms with van der Waals surface area (Å²) in [6, 6.07) is 2.35. The number of allylic oxidation sites excluding steroid dienone is 3. The van der Waals surface area contributed by atoms with Crippen molar-refractivity contribution in [1.82, 2.24) is 10.2 Å². The molecular formula is C33H45F2N3O6. The van der Waals surface area contributed by atoms with Crippen molar-refractivity contribution in [1.29, 1.82) is 0 Å². The van der Waals surface area contributed by atoms with Crippen molar-refractivity contribution >= 4 is 29.3 Å². The summed E-state index contributed by atoms with van der Waals surface area (Å²) >= 11 is 0. The van der Waals surface area contributed by atoms with Gasteiger partial charge in [-0.25, -0.2) is 13.6 Å². The number of aliphatic imine (C=N–C) groups is 1. The zero-order valence-electron chi connectivity index (χ0n) is 26.9. The van der Waals surface area contributed by atoms with Crippen molar-refractivity contribution in [2.75, 3.05) is 26.2 Å². The van der Waals surface area contributed by atoms with Gasteiger partial charge in [0.2, 0.25) is 0 Å². The van der Waals surface area contributed by atoms with Crippen molar-refractivity contribution in [3.63, 3.8) is 0 Å². The fraction of sp³-hybridized carbons (Fsp3) is 0.576. The Labute approximate surface area is 258 Å². The summed E-state index contributed by atoms with van der Waals surface area (Å²) in [5.74, 6) is -3.31. The molecular weight excluding hydrogens is 572 g/mol. The maximum Gasteiger partial charge on any atom is 0.410 e. The minimum Gasteiger partial charge on any atom is -0.487 e. The molecule has 1 saturated heterocycles. The molecule has 9 nitrogen and oxygen atoms in total. The number of benzene rings is 1. The molecule has 2 fully saturated rings. The van der Waals surface area contributed by atoms with Gasteiger partial charge in [-0.05, 0) is 97.3 Å². The van der Waals surface area contributed by atoms with Crippen molar-refractivity contribution in [2.45, 2.75) is 91.8 Å². The van der Waals surface area contributed by atoms with E-state index in [1.54, 1.807) is 31.7 Å². The molecule has 44 heavy (non-hydrogen) atoms. The largest absolute Gasteiger partial charge is 0.487 e. The highest BCUT2D eigenvalue weighted by Gasteiger charge is 2.43. The third-order valence-corrected chi connectivity index (χ3v) is 7.45. The molecule has 1 aromatic carbocycles. The van der Waals surface area contributed by atoms with Crippen LogP contribution in [-0.4, -0.2) is 66.0 Å². The minimum atomic E-state index is -0.858. The molecule has 2 aliphatic rings. The maximum absolute atomic E-state index is 15.2. The summed E-state index contributed by atoms with van der Waals surface area (Å²) in [4.78, 5) is 42.6. The first kappa shape index (κ1) is 34.7. The Balaban J connectivity index is 1.65. The normalized spacial score (nSPS) is 17.7. The summed E-state index contributed by atoms with van der Waals surface area (Å²) in [5, 5.41) is 2.46. The monoisotopic (exact) mass is 617 g/mol. The smallest absolute Gasteiger partial charge is 0.410 e. The number of carbonyl (C=O) groups is 3. The number of carbonyl (C=O) groups excluding carboxylic acids is 3. The Morgan fingerprint density at radius 3 is 2.27 bits per heavy atom. The molecule has 1 aliphatic heterocycles. The van der Waals surface area contributed by atoms with E-state index in [2.05, 4.69) is 10.3 Å². The Morgan fingerprint density at radius 2 is 1.73 bits per heavy atom. The van der Waals surface area contributed by atoms with Gasteiger partial charge in [-0.1, -0.05) is 18.6 Å². The average molecular weight is 618 g/mol. The predicted octanol–water partition coefficient (Wildman–Crippen LogP) is 6.36. The number of esters is 1. The fourth-order valence-corrected chi connectivity index (χ4v) is 4.35. The zero-order chi connectivity index (χ0) is 32.7. The van der Waals surface area contributed by atoms with Crippen LogP contribution in [0.15, 0.2) is 35.0 Å². The Bertz CT molecular complexity index is 1300. The molecule has 2 amide bonds. The first-order valence-electron chi connectivity index (χ1n) is 15.1. The molecule has 1 aliphatic carbocycles. The molecule has 0 radical (unpaired) electrons. The molecule has 0 aromatic heterocycles. The molecule has 1 N–H and O–H groups in total. The van der Waals surface area contributed by atoms with Crippen LogP contribution in [0.5, 0.6) is 5.75 Å². The van der Waals surface area contributed by atoms with Gasteiger partial charge in [0.15, 0.2) is 17.4 Å². The Kier molecular flexibility index (Phi) is 11.7. The van der Waals surface area contributed by atoms with E-state index in [4.69, 9.17) is 14.2 Å². The molecule has 0 spiro atoms. The lowest BCUT2D eigenvalue weighted by atomic mass is 9.98. The second kappa shape index (κ2) is 14.8. The van der Waals surface area contributed by atoms with Gasteiger partial charge in [0.25, 0.3) is 5.91 Å². The van der Waals surface area contributed by atoms with Crippen LogP contribution in [0.4, 0.5) is 13.6 Å². The van der Waals surface area contributed by atoms with Crippen LogP contribution in [0.1, 0.15) is 86.1 Å². The lowest BCUT2D eigenvalue weighted by Gasteiger charge is -2.32. The van der Waals surface area contributed by atoms with Gasteiger partial charge in [-0.15, -0.1) is 0 Å². The number of hydrogen-bond acceptors (Lipinski definition) is 7. The summed E-state index contributed by atoms with van der Waals surface area (Å²) < 4.78 is 46.6. The van der Waals surface area contributed by atoms with Crippen molar-refractivity contribution < 1.29 is 37.4 Å². The van der Waals surface area contributed by atoms with Gasteiger partial charge < -0.3 is 24.4 Å². The van der Waals surface area contributed by atoms with E-state index >= 15 is 8.78 Å². The molecule has 242 valence electrons. The van der Waals surface area contributed by atoms with E-state index in [9.17, 15) is 14.4 Å². The molecule has 0 bridgehead atoms. The Morgan fingerprint density at radius 1 is 1.11 bits per heavy atom. The molecule has 11 heteroatoms. The molecule has 1 heterocycles. The van der Waals surface area contributed by atoms with E-state index in [1.165, 1.54) is 25.3 Å². The molecule has 0 atom stereocenters. The van der Waals surface area contributed by atoms with Crippen LogP contribution < -0.4 is 10.1 Å². The van der Waals surface area contributed by atoms with Crippen LogP contribution in [0.3, 0.4) is 0 Å². The van der Waals surface area contributed by atoms with Crippen LogP contribution in [0.2, 0.25) is 0 Å². The number of piperidine rings is 1. The number of ether oxygens (including phenoxy) is 3. The van der Waals surface area contributed by atoms with Crippen molar-refractivity contribution in [3.05, 3.63) is 47.2 Å². The first-order valence-corrected chi connectivity index (χ1v) is 15.1. The summed E-state index contributed by atoms with van der Waals surface area (Å²) in [6.07, 6.45) is 6.53.